The Bertz CT molecular complexity index is 876. The molecule has 1 aromatic carbocycles. The van der Waals surface area contributed by atoms with Gasteiger partial charge in [0.15, 0.2) is 5.82 Å². The summed E-state index contributed by atoms with van der Waals surface area (Å²) in [5, 5.41) is 15.4. The normalized spacial score (nSPS) is 13.8. The molecule has 8 heteroatoms. The first-order chi connectivity index (χ1) is 11.7. The van der Waals surface area contributed by atoms with Crippen molar-refractivity contribution in [2.45, 2.75) is 19.5 Å². The molecule has 1 aliphatic heterocycles. The van der Waals surface area contributed by atoms with E-state index in [0.29, 0.717) is 24.4 Å². The molecule has 3 heterocycles. The van der Waals surface area contributed by atoms with Crippen LogP contribution in [0, 0.1) is 5.82 Å². The number of carbonyl (C=O) groups is 1. The summed E-state index contributed by atoms with van der Waals surface area (Å²) in [5.41, 5.74) is 2.46. The van der Waals surface area contributed by atoms with E-state index in [2.05, 4.69) is 15.5 Å². The molecular formula is C16H14FN5OS. The zero-order valence-electron chi connectivity index (χ0n) is 12.7. The fourth-order valence-corrected chi connectivity index (χ4v) is 3.52. The second-order valence-corrected chi connectivity index (χ2v) is 6.40. The van der Waals surface area contributed by atoms with E-state index in [-0.39, 0.29) is 24.8 Å². The molecule has 1 amide bonds. The van der Waals surface area contributed by atoms with Crippen LogP contribution < -0.4 is 0 Å². The molecule has 0 saturated heterocycles. The smallest absolute Gasteiger partial charge is 0.244 e. The number of halogens is 1. The topological polar surface area (TPSA) is 63.9 Å². The van der Waals surface area contributed by atoms with Gasteiger partial charge in [0.2, 0.25) is 5.91 Å². The quantitative estimate of drug-likeness (QED) is 0.731. The van der Waals surface area contributed by atoms with Crippen molar-refractivity contribution in [1.29, 1.82) is 0 Å². The van der Waals surface area contributed by atoms with Gasteiger partial charge >= 0.3 is 0 Å². The van der Waals surface area contributed by atoms with E-state index in [1.165, 1.54) is 10.7 Å². The standard InChI is InChI=1S/C16H14FN5OS/c17-14-3-1-2-11-4-6-21(8-13(11)14)15(23)9-22-16(18-19-20-22)12-5-7-24-10-12/h1-3,5,7,10H,4,6,8-9H2. The summed E-state index contributed by atoms with van der Waals surface area (Å²) < 4.78 is 15.4. The monoisotopic (exact) mass is 343 g/mol. The summed E-state index contributed by atoms with van der Waals surface area (Å²) in [7, 11) is 0. The molecule has 0 spiro atoms. The largest absolute Gasteiger partial charge is 0.336 e. The number of aromatic nitrogens is 4. The summed E-state index contributed by atoms with van der Waals surface area (Å²) in [4.78, 5) is 14.3. The average molecular weight is 343 g/mol. The molecule has 1 aliphatic rings. The zero-order chi connectivity index (χ0) is 16.5. The Hall–Kier alpha value is -2.61. The van der Waals surface area contributed by atoms with Gasteiger partial charge in [-0.2, -0.15) is 11.3 Å². The molecule has 0 fully saturated rings. The van der Waals surface area contributed by atoms with Gasteiger partial charge in [-0.05, 0) is 39.9 Å². The molecule has 24 heavy (non-hydrogen) atoms. The lowest BCUT2D eigenvalue weighted by Crippen LogP contribution is -2.38. The molecule has 122 valence electrons. The van der Waals surface area contributed by atoms with Gasteiger partial charge in [0.25, 0.3) is 0 Å². The van der Waals surface area contributed by atoms with Crippen molar-refractivity contribution in [1.82, 2.24) is 25.1 Å². The van der Waals surface area contributed by atoms with Crippen LogP contribution in [0.4, 0.5) is 4.39 Å². The number of hydrogen-bond donors (Lipinski definition) is 0. The third kappa shape index (κ3) is 2.69. The van der Waals surface area contributed by atoms with Gasteiger partial charge in [0.1, 0.15) is 12.4 Å². The summed E-state index contributed by atoms with van der Waals surface area (Å²) in [5.74, 6) is 0.187. The predicted molar refractivity (Wildman–Crippen MR) is 86.7 cm³/mol. The first-order valence-corrected chi connectivity index (χ1v) is 8.49. The highest BCUT2D eigenvalue weighted by molar-refractivity contribution is 7.08. The van der Waals surface area contributed by atoms with Crippen LogP contribution in [0.5, 0.6) is 0 Å². The van der Waals surface area contributed by atoms with Crippen LogP contribution >= 0.6 is 11.3 Å². The Morgan fingerprint density at radius 3 is 3.08 bits per heavy atom. The number of nitrogens with zero attached hydrogens (tertiary/aromatic N) is 5. The van der Waals surface area contributed by atoms with Gasteiger partial charge < -0.3 is 4.90 Å². The van der Waals surface area contributed by atoms with E-state index in [4.69, 9.17) is 0 Å². The number of thiophene rings is 1. The maximum atomic E-state index is 14.0. The summed E-state index contributed by atoms with van der Waals surface area (Å²) in [6.45, 7) is 0.907. The molecule has 0 N–H and O–H groups in total. The summed E-state index contributed by atoms with van der Waals surface area (Å²) >= 11 is 1.54. The highest BCUT2D eigenvalue weighted by Crippen LogP contribution is 2.23. The summed E-state index contributed by atoms with van der Waals surface area (Å²) in [6.07, 6.45) is 0.659. The van der Waals surface area contributed by atoms with Crippen LogP contribution in [-0.2, 0) is 24.3 Å². The third-order valence-electron chi connectivity index (χ3n) is 4.16. The van der Waals surface area contributed by atoms with Crippen molar-refractivity contribution in [3.8, 4) is 11.4 Å². The van der Waals surface area contributed by atoms with Crippen molar-refractivity contribution in [2.24, 2.45) is 0 Å². The van der Waals surface area contributed by atoms with Crippen LogP contribution in [0.1, 0.15) is 11.1 Å². The van der Waals surface area contributed by atoms with Gasteiger partial charge in [0.05, 0.1) is 0 Å². The number of hydrogen-bond acceptors (Lipinski definition) is 5. The zero-order valence-corrected chi connectivity index (χ0v) is 13.5. The minimum Gasteiger partial charge on any atom is -0.336 e. The highest BCUT2D eigenvalue weighted by atomic mass is 32.1. The Morgan fingerprint density at radius 1 is 1.33 bits per heavy atom. The SMILES string of the molecule is O=C(Cn1nnnc1-c1ccsc1)N1CCc2cccc(F)c2C1. The van der Waals surface area contributed by atoms with Crippen LogP contribution in [0.3, 0.4) is 0 Å². The van der Waals surface area contributed by atoms with E-state index in [9.17, 15) is 9.18 Å². The van der Waals surface area contributed by atoms with Crippen molar-refractivity contribution < 1.29 is 9.18 Å². The molecule has 0 aliphatic carbocycles. The molecule has 0 radical (unpaired) electrons. The predicted octanol–water partition coefficient (Wildman–Crippen LogP) is 2.13. The van der Waals surface area contributed by atoms with Crippen molar-refractivity contribution in [2.75, 3.05) is 6.54 Å². The van der Waals surface area contributed by atoms with Crippen LogP contribution in [0.25, 0.3) is 11.4 Å². The molecule has 0 atom stereocenters. The molecule has 2 aromatic heterocycles. The van der Waals surface area contributed by atoms with E-state index < -0.39 is 0 Å². The molecule has 3 aromatic rings. The van der Waals surface area contributed by atoms with Crippen molar-refractivity contribution in [3.63, 3.8) is 0 Å². The van der Waals surface area contributed by atoms with Gasteiger partial charge in [-0.25, -0.2) is 9.07 Å². The lowest BCUT2D eigenvalue weighted by molar-refractivity contribution is -0.133. The summed E-state index contributed by atoms with van der Waals surface area (Å²) in [6, 6.07) is 6.96. The Morgan fingerprint density at radius 2 is 2.25 bits per heavy atom. The Balaban J connectivity index is 1.52. The third-order valence-corrected chi connectivity index (χ3v) is 4.85. The van der Waals surface area contributed by atoms with E-state index in [0.717, 1.165) is 11.1 Å². The van der Waals surface area contributed by atoms with Gasteiger partial charge in [0, 0.05) is 29.6 Å². The van der Waals surface area contributed by atoms with Crippen LogP contribution in [0.15, 0.2) is 35.0 Å². The molecule has 6 nitrogen and oxygen atoms in total. The molecule has 0 unspecified atom stereocenters. The fourth-order valence-electron chi connectivity index (χ4n) is 2.89. The number of tetrazole rings is 1. The average Bonchev–Trinajstić information content (AvgIpc) is 3.26. The van der Waals surface area contributed by atoms with Crippen LogP contribution in [0.2, 0.25) is 0 Å². The highest BCUT2D eigenvalue weighted by Gasteiger charge is 2.24. The second-order valence-electron chi connectivity index (χ2n) is 5.61. The first-order valence-electron chi connectivity index (χ1n) is 7.55. The maximum absolute atomic E-state index is 14.0. The van der Waals surface area contributed by atoms with Gasteiger partial charge in [-0.15, -0.1) is 5.10 Å². The van der Waals surface area contributed by atoms with E-state index in [1.807, 2.05) is 22.9 Å². The number of fused-ring (bicyclic) bond motifs is 1. The van der Waals surface area contributed by atoms with Crippen molar-refractivity contribution >= 4 is 17.2 Å². The maximum Gasteiger partial charge on any atom is 0.244 e. The first kappa shape index (κ1) is 14.9. The molecule has 0 saturated carbocycles. The van der Waals surface area contributed by atoms with Crippen molar-refractivity contribution in [3.05, 3.63) is 52.0 Å². The number of benzene rings is 1. The number of rotatable bonds is 3. The minimum absolute atomic E-state index is 0.0436. The Labute approximate surface area is 141 Å². The Kier molecular flexibility index (Phi) is 3.81. The molecule has 0 bridgehead atoms. The van der Waals surface area contributed by atoms with E-state index >= 15 is 0 Å². The number of amides is 1. The number of carbonyl (C=O) groups excluding carboxylic acids is 1. The minimum atomic E-state index is -0.258. The van der Waals surface area contributed by atoms with E-state index in [1.54, 1.807) is 22.3 Å². The fraction of sp³-hybridized carbons (Fsp3) is 0.250. The molecule has 4 rings (SSSR count). The molecular weight excluding hydrogens is 329 g/mol. The lowest BCUT2D eigenvalue weighted by Gasteiger charge is -2.29. The second kappa shape index (κ2) is 6.12. The lowest BCUT2D eigenvalue weighted by atomic mass is 9.99. The van der Waals surface area contributed by atoms with Gasteiger partial charge in [-0.1, -0.05) is 12.1 Å². The van der Waals surface area contributed by atoms with Crippen LogP contribution in [-0.4, -0.2) is 37.6 Å². The van der Waals surface area contributed by atoms with Gasteiger partial charge in [-0.3, -0.25) is 4.79 Å².